The van der Waals surface area contributed by atoms with Gasteiger partial charge in [0.15, 0.2) is 5.78 Å². The van der Waals surface area contributed by atoms with Crippen LogP contribution in [0.3, 0.4) is 0 Å². The van der Waals surface area contributed by atoms with E-state index in [1.165, 1.54) is 0 Å². The van der Waals surface area contributed by atoms with Gasteiger partial charge in [0, 0.05) is 41.5 Å². The summed E-state index contributed by atoms with van der Waals surface area (Å²) in [5.41, 5.74) is 0.647. The van der Waals surface area contributed by atoms with Crippen molar-refractivity contribution in [1.29, 1.82) is 0 Å². The minimum atomic E-state index is -0.550. The van der Waals surface area contributed by atoms with Gasteiger partial charge < -0.3 is 9.64 Å². The molecule has 0 aliphatic carbocycles. The van der Waals surface area contributed by atoms with E-state index in [1.807, 2.05) is 0 Å². The molecule has 1 spiro atoms. The lowest BCUT2D eigenvalue weighted by Crippen LogP contribution is -2.52. The third kappa shape index (κ3) is 3.19. The topological polar surface area (TPSA) is 46.6 Å². The molecule has 2 aliphatic rings. The van der Waals surface area contributed by atoms with Gasteiger partial charge in [-0.25, -0.2) is 0 Å². The van der Waals surface area contributed by atoms with Gasteiger partial charge >= 0.3 is 0 Å². The second kappa shape index (κ2) is 6.60. The predicted molar refractivity (Wildman–Crippen MR) is 100 cm³/mol. The van der Waals surface area contributed by atoms with Crippen LogP contribution in [0.4, 0.5) is 0 Å². The molecule has 0 radical (unpaired) electrons. The largest absolute Gasteiger partial charge is 0.486 e. The van der Waals surface area contributed by atoms with Gasteiger partial charge in [0.05, 0.1) is 12.0 Å². The first-order valence-corrected chi connectivity index (χ1v) is 9.28. The number of ketones is 1. The molecule has 0 atom stereocenters. The molecule has 2 heterocycles. The number of fused-ring (bicyclic) bond motifs is 1. The van der Waals surface area contributed by atoms with Gasteiger partial charge in [-0.1, -0.05) is 23.2 Å². The number of ether oxygens (including phenoxy) is 1. The Morgan fingerprint density at radius 2 is 1.65 bits per heavy atom. The van der Waals surface area contributed by atoms with Crippen molar-refractivity contribution in [3.05, 3.63) is 63.6 Å². The number of rotatable bonds is 1. The van der Waals surface area contributed by atoms with Crippen LogP contribution in [0, 0.1) is 0 Å². The molecule has 4 rings (SSSR count). The average molecular weight is 390 g/mol. The summed E-state index contributed by atoms with van der Waals surface area (Å²) >= 11 is 11.9. The molecule has 134 valence electrons. The minimum absolute atomic E-state index is 0.0258. The van der Waals surface area contributed by atoms with E-state index < -0.39 is 5.60 Å². The van der Waals surface area contributed by atoms with E-state index >= 15 is 0 Å². The van der Waals surface area contributed by atoms with E-state index in [1.54, 1.807) is 47.4 Å². The Kier molecular flexibility index (Phi) is 4.41. The number of benzene rings is 2. The van der Waals surface area contributed by atoms with E-state index in [0.29, 0.717) is 59.3 Å². The molecule has 0 N–H and O–H groups in total. The number of halogens is 2. The normalized spacial score (nSPS) is 18.4. The zero-order valence-corrected chi connectivity index (χ0v) is 15.5. The van der Waals surface area contributed by atoms with E-state index in [0.717, 1.165) is 0 Å². The lowest BCUT2D eigenvalue weighted by molar-refractivity contribution is -0.00569. The number of likely N-dealkylation sites (tertiary alicyclic amines) is 1. The minimum Gasteiger partial charge on any atom is -0.486 e. The van der Waals surface area contributed by atoms with Gasteiger partial charge in [0.2, 0.25) is 0 Å². The molecule has 2 aliphatic heterocycles. The number of piperidine rings is 1. The SMILES string of the molecule is O=C1CC2(CCN(C(=O)c3ccc(Cl)cc3)CC2)Oc2cc(Cl)ccc21. The Morgan fingerprint density at radius 3 is 2.35 bits per heavy atom. The molecule has 2 aromatic carbocycles. The molecule has 4 nitrogen and oxygen atoms in total. The van der Waals surface area contributed by atoms with Crippen molar-refractivity contribution in [1.82, 2.24) is 4.90 Å². The lowest BCUT2D eigenvalue weighted by Gasteiger charge is -2.44. The smallest absolute Gasteiger partial charge is 0.253 e. The zero-order valence-electron chi connectivity index (χ0n) is 14.0. The fourth-order valence-corrected chi connectivity index (χ4v) is 3.93. The highest BCUT2D eigenvalue weighted by molar-refractivity contribution is 6.31. The van der Waals surface area contributed by atoms with Crippen LogP contribution in [-0.2, 0) is 0 Å². The Hall–Kier alpha value is -2.04. The van der Waals surface area contributed by atoms with Crippen LogP contribution in [0.1, 0.15) is 40.0 Å². The third-order valence-electron chi connectivity index (χ3n) is 5.11. The number of amides is 1. The molecule has 2 aromatic rings. The molecule has 0 saturated carbocycles. The number of carbonyl (C=O) groups is 2. The van der Waals surface area contributed by atoms with Crippen molar-refractivity contribution < 1.29 is 14.3 Å². The van der Waals surface area contributed by atoms with Gasteiger partial charge in [-0.2, -0.15) is 0 Å². The molecule has 0 unspecified atom stereocenters. The fourth-order valence-electron chi connectivity index (χ4n) is 3.64. The Morgan fingerprint density at radius 1 is 1.00 bits per heavy atom. The monoisotopic (exact) mass is 389 g/mol. The van der Waals surface area contributed by atoms with Crippen LogP contribution in [0.5, 0.6) is 5.75 Å². The maximum absolute atomic E-state index is 12.6. The highest BCUT2D eigenvalue weighted by Gasteiger charge is 2.43. The summed E-state index contributed by atoms with van der Waals surface area (Å²) in [6.45, 7) is 1.09. The maximum Gasteiger partial charge on any atom is 0.253 e. The highest BCUT2D eigenvalue weighted by atomic mass is 35.5. The Labute approximate surface area is 161 Å². The van der Waals surface area contributed by atoms with E-state index in [2.05, 4.69) is 0 Å². The number of hydrogen-bond donors (Lipinski definition) is 0. The summed E-state index contributed by atoms with van der Waals surface area (Å²) in [5, 5.41) is 1.15. The second-order valence-corrected chi connectivity index (χ2v) is 7.70. The maximum atomic E-state index is 12.6. The van der Waals surface area contributed by atoms with E-state index in [4.69, 9.17) is 27.9 Å². The zero-order chi connectivity index (χ0) is 18.3. The van der Waals surface area contributed by atoms with Crippen molar-refractivity contribution in [2.45, 2.75) is 24.9 Å². The molecule has 6 heteroatoms. The van der Waals surface area contributed by atoms with E-state index in [-0.39, 0.29) is 11.7 Å². The molecule has 0 aromatic heterocycles. The summed E-state index contributed by atoms with van der Waals surface area (Å²) in [6.07, 6.45) is 1.57. The lowest BCUT2D eigenvalue weighted by atomic mass is 9.82. The van der Waals surface area contributed by atoms with Crippen LogP contribution in [0.15, 0.2) is 42.5 Å². The van der Waals surface area contributed by atoms with Crippen LogP contribution in [0.25, 0.3) is 0 Å². The molecule has 1 saturated heterocycles. The molecule has 1 amide bonds. The first-order valence-electron chi connectivity index (χ1n) is 8.52. The fraction of sp³-hybridized carbons (Fsp3) is 0.300. The quantitative estimate of drug-likeness (QED) is 0.713. The number of hydrogen-bond acceptors (Lipinski definition) is 3. The summed E-state index contributed by atoms with van der Waals surface area (Å²) in [4.78, 5) is 27.0. The van der Waals surface area contributed by atoms with E-state index in [9.17, 15) is 9.59 Å². The summed E-state index contributed by atoms with van der Waals surface area (Å²) in [6, 6.07) is 12.0. The van der Waals surface area contributed by atoms with Crippen molar-refractivity contribution >= 4 is 34.9 Å². The van der Waals surface area contributed by atoms with Gasteiger partial charge in [0.25, 0.3) is 5.91 Å². The number of nitrogens with zero attached hydrogens (tertiary/aromatic N) is 1. The van der Waals surface area contributed by atoms with Crippen molar-refractivity contribution in [2.24, 2.45) is 0 Å². The van der Waals surface area contributed by atoms with Crippen molar-refractivity contribution in [3.63, 3.8) is 0 Å². The molecular formula is C20H17Cl2NO3. The summed E-state index contributed by atoms with van der Waals surface area (Å²) < 4.78 is 6.20. The highest BCUT2D eigenvalue weighted by Crippen LogP contribution is 2.40. The van der Waals surface area contributed by atoms with Gasteiger partial charge in [0.1, 0.15) is 11.4 Å². The Balaban J connectivity index is 1.49. The van der Waals surface area contributed by atoms with Crippen molar-refractivity contribution in [2.75, 3.05) is 13.1 Å². The third-order valence-corrected chi connectivity index (χ3v) is 5.59. The first-order chi connectivity index (χ1) is 12.5. The van der Waals surface area contributed by atoms with Gasteiger partial charge in [-0.15, -0.1) is 0 Å². The predicted octanol–water partition coefficient (Wildman–Crippen LogP) is 4.63. The van der Waals surface area contributed by atoms with Crippen LogP contribution in [-0.4, -0.2) is 35.3 Å². The van der Waals surface area contributed by atoms with Crippen LogP contribution < -0.4 is 4.74 Å². The number of carbonyl (C=O) groups excluding carboxylic acids is 2. The standard InChI is InChI=1S/C20H17Cl2NO3/c21-14-3-1-13(2-4-14)19(25)23-9-7-20(8-10-23)12-17(24)16-6-5-15(22)11-18(16)26-20/h1-6,11H,7-10,12H2. The van der Waals surface area contributed by atoms with Crippen LogP contribution >= 0.6 is 23.2 Å². The average Bonchev–Trinajstić information content (AvgIpc) is 2.62. The molecule has 1 fully saturated rings. The number of Topliss-reactive ketones (excluding diaryl/α,β-unsaturated/α-hetero) is 1. The van der Waals surface area contributed by atoms with Crippen LogP contribution in [0.2, 0.25) is 10.0 Å². The molecule has 0 bridgehead atoms. The Bertz CT molecular complexity index is 871. The van der Waals surface area contributed by atoms with Crippen molar-refractivity contribution in [3.8, 4) is 5.75 Å². The summed E-state index contributed by atoms with van der Waals surface area (Å²) in [5.74, 6) is 0.591. The van der Waals surface area contributed by atoms with Gasteiger partial charge in [-0.3, -0.25) is 9.59 Å². The molecule has 26 heavy (non-hydrogen) atoms. The summed E-state index contributed by atoms with van der Waals surface area (Å²) in [7, 11) is 0. The van der Waals surface area contributed by atoms with Gasteiger partial charge in [-0.05, 0) is 42.5 Å². The second-order valence-electron chi connectivity index (χ2n) is 6.82. The first kappa shape index (κ1) is 17.4. The molecular weight excluding hydrogens is 373 g/mol.